The lowest BCUT2D eigenvalue weighted by molar-refractivity contribution is -0.131. The van der Waals surface area contributed by atoms with Crippen LogP contribution in [0.15, 0.2) is 120 Å². The van der Waals surface area contributed by atoms with Gasteiger partial charge in [-0.25, -0.2) is 13.8 Å². The molecule has 6 rings (SSSR count). The summed E-state index contributed by atoms with van der Waals surface area (Å²) in [4.78, 5) is 23.4. The van der Waals surface area contributed by atoms with Crippen LogP contribution in [0.4, 0.5) is 8.78 Å². The number of amides is 1. The molecule has 3 atom stereocenters. The van der Waals surface area contributed by atoms with Crippen LogP contribution in [0.5, 0.6) is 0 Å². The molecule has 3 aromatic rings. The average molecular weight is 637 g/mol. The minimum atomic E-state index is -1.57. The molecule has 3 unspecified atom stereocenters. The summed E-state index contributed by atoms with van der Waals surface area (Å²) in [6.07, 6.45) is 11.9. The number of allylic oxidation sites excluding steroid dienone is 3. The Kier molecular flexibility index (Phi) is 9.80. The summed E-state index contributed by atoms with van der Waals surface area (Å²) >= 11 is 0. The van der Waals surface area contributed by atoms with E-state index in [1.54, 1.807) is 24.3 Å². The highest BCUT2D eigenvalue weighted by Gasteiger charge is 2.51. The van der Waals surface area contributed by atoms with E-state index in [1.807, 2.05) is 30.3 Å². The SMILES string of the molecule is C/C(=C\NC1C=CC=CC1C)C1CCN(CC(O)CN2C(=O)C(c3ccc(F)cc3)(c3ccc(F)cc3)N=C2c2ccccc2)CC1. The zero-order chi connectivity index (χ0) is 33.0. The van der Waals surface area contributed by atoms with Crippen molar-refractivity contribution in [1.82, 2.24) is 15.1 Å². The van der Waals surface area contributed by atoms with Crippen LogP contribution >= 0.6 is 0 Å². The van der Waals surface area contributed by atoms with Gasteiger partial charge in [-0.3, -0.25) is 9.69 Å². The number of aliphatic imine (C=N–C) groups is 1. The molecule has 2 N–H and O–H groups in total. The number of aliphatic hydroxyl groups excluding tert-OH is 1. The highest BCUT2D eigenvalue weighted by Crippen LogP contribution is 2.41. The van der Waals surface area contributed by atoms with Gasteiger partial charge in [-0.1, -0.05) is 91.4 Å². The van der Waals surface area contributed by atoms with Crippen molar-refractivity contribution < 1.29 is 18.7 Å². The van der Waals surface area contributed by atoms with Crippen LogP contribution in [-0.2, 0) is 10.3 Å². The molecule has 244 valence electrons. The molecule has 0 spiro atoms. The molecule has 0 radical (unpaired) electrons. The number of carbonyl (C=O) groups is 1. The second-order valence-electron chi connectivity index (χ2n) is 12.9. The van der Waals surface area contributed by atoms with Gasteiger partial charge in [0.1, 0.15) is 17.5 Å². The molecule has 3 aliphatic rings. The minimum Gasteiger partial charge on any atom is -0.390 e. The topological polar surface area (TPSA) is 68.2 Å². The lowest BCUT2D eigenvalue weighted by Crippen LogP contribution is -2.48. The third kappa shape index (κ3) is 6.99. The van der Waals surface area contributed by atoms with Gasteiger partial charge in [-0.05, 0) is 86.3 Å². The van der Waals surface area contributed by atoms with E-state index in [0.29, 0.717) is 46.9 Å². The molecule has 0 aromatic heterocycles. The Morgan fingerprint density at radius 3 is 2.13 bits per heavy atom. The van der Waals surface area contributed by atoms with Crippen LogP contribution in [0.25, 0.3) is 0 Å². The molecule has 1 saturated heterocycles. The van der Waals surface area contributed by atoms with Crippen molar-refractivity contribution in [3.63, 3.8) is 0 Å². The van der Waals surface area contributed by atoms with E-state index in [-0.39, 0.29) is 12.5 Å². The van der Waals surface area contributed by atoms with Gasteiger partial charge in [0.05, 0.1) is 18.7 Å². The normalized spacial score (nSPS) is 22.4. The van der Waals surface area contributed by atoms with Crippen molar-refractivity contribution >= 4 is 11.7 Å². The maximum Gasteiger partial charge on any atom is 0.265 e. The van der Waals surface area contributed by atoms with Gasteiger partial charge < -0.3 is 15.3 Å². The van der Waals surface area contributed by atoms with Gasteiger partial charge in [-0.2, -0.15) is 0 Å². The summed E-state index contributed by atoms with van der Waals surface area (Å²) in [5.41, 5.74) is 1.41. The molecule has 1 amide bonds. The molecule has 8 heteroatoms. The molecule has 0 bridgehead atoms. The van der Waals surface area contributed by atoms with Gasteiger partial charge in [0.15, 0.2) is 5.54 Å². The van der Waals surface area contributed by atoms with Gasteiger partial charge in [0, 0.05) is 12.1 Å². The fraction of sp³-hybridized carbons (Fsp3) is 0.333. The van der Waals surface area contributed by atoms with Gasteiger partial charge in [0.2, 0.25) is 0 Å². The summed E-state index contributed by atoms with van der Waals surface area (Å²) in [6, 6.07) is 21.0. The van der Waals surface area contributed by atoms with Crippen molar-refractivity contribution in [3.8, 4) is 0 Å². The Morgan fingerprint density at radius 1 is 0.936 bits per heavy atom. The number of likely N-dealkylation sites (tertiary alicyclic amines) is 1. The predicted molar refractivity (Wildman–Crippen MR) is 182 cm³/mol. The summed E-state index contributed by atoms with van der Waals surface area (Å²) in [5, 5.41) is 15.0. The van der Waals surface area contributed by atoms with Crippen LogP contribution in [0.2, 0.25) is 0 Å². The van der Waals surface area contributed by atoms with Crippen LogP contribution in [-0.4, -0.2) is 65.0 Å². The maximum absolute atomic E-state index is 14.6. The first-order valence-corrected chi connectivity index (χ1v) is 16.4. The Labute approximate surface area is 275 Å². The van der Waals surface area contributed by atoms with E-state index < -0.39 is 23.3 Å². The van der Waals surface area contributed by atoms with Gasteiger partial charge >= 0.3 is 0 Å². The number of carbonyl (C=O) groups excluding carboxylic acids is 1. The number of nitrogens with zero attached hydrogens (tertiary/aromatic N) is 3. The Hall–Kier alpha value is -4.40. The van der Waals surface area contributed by atoms with Crippen molar-refractivity contribution in [2.75, 3.05) is 26.2 Å². The first-order chi connectivity index (χ1) is 22.7. The molecule has 3 aromatic carbocycles. The number of nitrogens with one attached hydrogen (secondary N) is 1. The predicted octanol–water partition coefficient (Wildman–Crippen LogP) is 6.19. The van der Waals surface area contributed by atoms with Gasteiger partial charge in [-0.15, -0.1) is 0 Å². The molecular weight excluding hydrogens is 594 g/mol. The zero-order valence-electron chi connectivity index (χ0n) is 26.9. The summed E-state index contributed by atoms with van der Waals surface area (Å²) < 4.78 is 28.1. The largest absolute Gasteiger partial charge is 0.390 e. The smallest absolute Gasteiger partial charge is 0.265 e. The molecule has 6 nitrogen and oxygen atoms in total. The first-order valence-electron chi connectivity index (χ1n) is 16.4. The molecule has 0 saturated carbocycles. The number of aliphatic hydroxyl groups is 1. The lowest BCUT2D eigenvalue weighted by Gasteiger charge is -2.35. The van der Waals surface area contributed by atoms with Gasteiger partial charge in [0.25, 0.3) is 5.91 Å². The summed E-state index contributed by atoms with van der Waals surface area (Å²) in [7, 11) is 0. The highest BCUT2D eigenvalue weighted by atomic mass is 19.1. The quantitative estimate of drug-likeness (QED) is 0.279. The second kappa shape index (κ2) is 14.2. The van der Waals surface area contributed by atoms with E-state index in [1.165, 1.54) is 34.7 Å². The number of hydrogen-bond donors (Lipinski definition) is 2. The monoisotopic (exact) mass is 636 g/mol. The number of benzene rings is 3. The fourth-order valence-corrected chi connectivity index (χ4v) is 6.87. The number of hydrogen-bond acceptors (Lipinski definition) is 5. The van der Waals surface area contributed by atoms with E-state index in [2.05, 4.69) is 54.6 Å². The Bertz CT molecular complexity index is 1610. The molecular formula is C39H42F2N4O2. The van der Waals surface area contributed by atoms with E-state index >= 15 is 0 Å². The number of β-amino-alcohol motifs (C(OH)–C–C–N with tert-alkyl or cyclic N) is 1. The van der Waals surface area contributed by atoms with Crippen LogP contribution in [0, 0.1) is 23.5 Å². The number of amidine groups is 1. The zero-order valence-corrected chi connectivity index (χ0v) is 26.9. The van der Waals surface area contributed by atoms with E-state index in [9.17, 15) is 18.7 Å². The Balaban J connectivity index is 1.18. The van der Waals surface area contributed by atoms with Crippen molar-refractivity contribution in [2.24, 2.45) is 16.8 Å². The van der Waals surface area contributed by atoms with Crippen LogP contribution < -0.4 is 5.32 Å². The fourth-order valence-electron chi connectivity index (χ4n) is 6.87. The highest BCUT2D eigenvalue weighted by molar-refractivity contribution is 6.16. The third-order valence-electron chi connectivity index (χ3n) is 9.65. The van der Waals surface area contributed by atoms with Crippen LogP contribution in [0.1, 0.15) is 43.4 Å². The number of rotatable bonds is 10. The standard InChI is InChI=1S/C39H42F2N4O2/c1-27-8-6-7-11-36(27)42-24-28(2)29-20-22-44(23-21-29)25-35(46)26-45-37(30-9-4-3-5-10-30)43-39(38(45)47,31-12-16-33(40)17-13-31)32-14-18-34(41)19-15-32/h3-19,24,27,29,35-36,42,46H,20-23,25-26H2,1-2H3/b28-24+. The van der Waals surface area contributed by atoms with Crippen molar-refractivity contribution in [3.05, 3.63) is 143 Å². The molecule has 1 fully saturated rings. The maximum atomic E-state index is 14.6. The van der Waals surface area contributed by atoms with Crippen molar-refractivity contribution in [1.29, 1.82) is 0 Å². The minimum absolute atomic E-state index is 0.0288. The first kappa shape index (κ1) is 32.5. The third-order valence-corrected chi connectivity index (χ3v) is 9.65. The molecule has 2 heterocycles. The van der Waals surface area contributed by atoms with Crippen molar-refractivity contribution in [2.45, 2.75) is 44.4 Å². The Morgan fingerprint density at radius 2 is 1.53 bits per heavy atom. The second-order valence-corrected chi connectivity index (χ2v) is 12.9. The van der Waals surface area contributed by atoms with E-state index in [4.69, 9.17) is 4.99 Å². The molecule has 47 heavy (non-hydrogen) atoms. The van der Waals surface area contributed by atoms with E-state index in [0.717, 1.165) is 25.9 Å². The molecule has 1 aliphatic carbocycles. The lowest BCUT2D eigenvalue weighted by atomic mass is 9.82. The van der Waals surface area contributed by atoms with Crippen LogP contribution in [0.3, 0.4) is 0 Å². The number of piperidine rings is 1. The molecule has 2 aliphatic heterocycles. The number of halogens is 2. The summed E-state index contributed by atoms with van der Waals surface area (Å²) in [6.45, 7) is 6.53. The summed E-state index contributed by atoms with van der Waals surface area (Å²) in [5.74, 6) is 0.0718. The average Bonchev–Trinajstić information content (AvgIpc) is 3.37.